The smallest absolute Gasteiger partial charge is 0.306 e. The highest BCUT2D eigenvalue weighted by Crippen LogP contribution is 2.10. The predicted molar refractivity (Wildman–Crippen MR) is 242 cm³/mol. The summed E-state index contributed by atoms with van der Waals surface area (Å²) in [4.78, 5) is 25.0. The van der Waals surface area contributed by atoms with Gasteiger partial charge in [-0.25, -0.2) is 0 Å². The van der Waals surface area contributed by atoms with Crippen LogP contribution >= 0.6 is 0 Å². The van der Waals surface area contributed by atoms with Crippen molar-refractivity contribution >= 4 is 11.9 Å². The summed E-state index contributed by atoms with van der Waals surface area (Å²) >= 11 is 0. The topological polar surface area (TPSA) is 61.8 Å². The lowest BCUT2D eigenvalue weighted by atomic mass is 10.1. The van der Waals surface area contributed by atoms with Gasteiger partial charge in [-0.3, -0.25) is 9.59 Å². The summed E-state index contributed by atoms with van der Waals surface area (Å²) < 4.78 is 17.1. The summed E-state index contributed by atoms with van der Waals surface area (Å²) in [7, 11) is 0. The Hall–Kier alpha value is -3.44. The maximum Gasteiger partial charge on any atom is 0.306 e. The highest BCUT2D eigenvalue weighted by atomic mass is 16.6. The molecule has 1 atom stereocenters. The van der Waals surface area contributed by atoms with Crippen LogP contribution in [0.4, 0.5) is 0 Å². The minimum absolute atomic E-state index is 0.0479. The molecule has 0 saturated carbocycles. The van der Waals surface area contributed by atoms with E-state index in [1.165, 1.54) is 12.8 Å². The first kappa shape index (κ1) is 52.6. The third kappa shape index (κ3) is 43.3. The summed E-state index contributed by atoms with van der Waals surface area (Å²) in [6.07, 6.45) is 62.6. The zero-order valence-corrected chi connectivity index (χ0v) is 36.1. The monoisotopic (exact) mass is 775 g/mol. The van der Waals surface area contributed by atoms with Gasteiger partial charge in [0, 0.05) is 19.4 Å². The van der Waals surface area contributed by atoms with Crippen LogP contribution in [-0.2, 0) is 23.8 Å². The van der Waals surface area contributed by atoms with Gasteiger partial charge in [0.15, 0.2) is 6.10 Å². The van der Waals surface area contributed by atoms with Crippen molar-refractivity contribution in [3.8, 4) is 0 Å². The Morgan fingerprint density at radius 1 is 0.411 bits per heavy atom. The molecule has 0 radical (unpaired) electrons. The summed E-state index contributed by atoms with van der Waals surface area (Å²) in [5.74, 6) is -0.473. The van der Waals surface area contributed by atoms with Gasteiger partial charge in [0.1, 0.15) is 6.61 Å². The molecule has 0 fully saturated rings. The lowest BCUT2D eigenvalue weighted by molar-refractivity contribution is -0.163. The molecule has 0 amide bonds. The molecular weight excluding hydrogens is 693 g/mol. The fourth-order valence-corrected chi connectivity index (χ4v) is 5.52. The number of carbonyl (C=O) groups is 2. The average molecular weight is 775 g/mol. The maximum atomic E-state index is 12.5. The Bertz CT molecular complexity index is 1150. The number of ether oxygens (including phenoxy) is 3. The Labute approximate surface area is 344 Å². The quantitative estimate of drug-likeness (QED) is 0.0354. The van der Waals surface area contributed by atoms with Crippen molar-refractivity contribution in [2.45, 2.75) is 181 Å². The molecule has 56 heavy (non-hydrogen) atoms. The van der Waals surface area contributed by atoms with E-state index in [1.54, 1.807) is 0 Å². The highest BCUT2D eigenvalue weighted by Gasteiger charge is 2.17. The number of hydrogen-bond acceptors (Lipinski definition) is 5. The second kappa shape index (κ2) is 45.9. The normalized spacial score (nSPS) is 13.3. The van der Waals surface area contributed by atoms with Gasteiger partial charge in [0.25, 0.3) is 0 Å². The van der Waals surface area contributed by atoms with Crippen molar-refractivity contribution in [3.63, 3.8) is 0 Å². The van der Waals surface area contributed by atoms with Gasteiger partial charge >= 0.3 is 11.9 Å². The van der Waals surface area contributed by atoms with Crippen molar-refractivity contribution in [1.82, 2.24) is 0 Å². The van der Waals surface area contributed by atoms with Crippen LogP contribution in [-0.4, -0.2) is 37.9 Å². The van der Waals surface area contributed by atoms with Gasteiger partial charge in [-0.2, -0.15) is 0 Å². The van der Waals surface area contributed by atoms with Crippen molar-refractivity contribution < 1.29 is 23.8 Å². The van der Waals surface area contributed by atoms with Crippen LogP contribution in [0.1, 0.15) is 175 Å². The average Bonchev–Trinajstić information content (AvgIpc) is 3.20. The molecule has 5 heteroatoms. The molecule has 5 nitrogen and oxygen atoms in total. The standard InChI is InChI=1S/C51H82O5/c1-4-7-10-13-15-17-19-21-23-25-27-29-31-33-35-37-40-43-46-54-47-49(56-51(53)45-42-38-12-9-6-3)48-55-50(52)44-41-39-36-34-32-30-28-26-24-22-20-18-16-14-11-8-5-2/h7-8,10-11,15-18,21-24,27-30,33,35,49H,4-6,9,12-14,19-20,25-26,31-32,34,36-48H2,1-3H3/b10-7-,11-8-,17-15-,18-16-,23-21-,24-22-,29-27-,30-28-,35-33-. The highest BCUT2D eigenvalue weighted by molar-refractivity contribution is 5.70. The second-order valence-electron chi connectivity index (χ2n) is 14.2. The third-order valence-corrected chi connectivity index (χ3v) is 8.80. The summed E-state index contributed by atoms with van der Waals surface area (Å²) in [5.41, 5.74) is 0. The van der Waals surface area contributed by atoms with Crippen LogP contribution in [0.15, 0.2) is 109 Å². The lowest BCUT2D eigenvalue weighted by Gasteiger charge is -2.18. The molecule has 1 unspecified atom stereocenters. The zero-order chi connectivity index (χ0) is 40.7. The Morgan fingerprint density at radius 2 is 0.804 bits per heavy atom. The van der Waals surface area contributed by atoms with E-state index in [4.69, 9.17) is 14.2 Å². The van der Waals surface area contributed by atoms with Crippen molar-refractivity contribution in [3.05, 3.63) is 109 Å². The van der Waals surface area contributed by atoms with Crippen molar-refractivity contribution in [1.29, 1.82) is 0 Å². The molecule has 0 rings (SSSR count). The SMILES string of the molecule is CC/C=C\C/C=C\C/C=C\C/C=C\C/C=C\CCCCOCC(COC(=O)CCCCCC/C=C\C/C=C\C/C=C\C/C=C\CC)OC(=O)CCCCCCC. The maximum absolute atomic E-state index is 12.5. The van der Waals surface area contributed by atoms with Gasteiger partial charge in [-0.15, -0.1) is 0 Å². The summed E-state index contributed by atoms with van der Waals surface area (Å²) in [6, 6.07) is 0. The molecule has 0 spiro atoms. The summed E-state index contributed by atoms with van der Waals surface area (Å²) in [5, 5.41) is 0. The van der Waals surface area contributed by atoms with Crippen LogP contribution in [0.25, 0.3) is 0 Å². The molecule has 0 aliphatic carbocycles. The van der Waals surface area contributed by atoms with E-state index >= 15 is 0 Å². The fraction of sp³-hybridized carbons (Fsp3) is 0.608. The number of unbranched alkanes of at least 4 members (excludes halogenated alkanes) is 10. The van der Waals surface area contributed by atoms with Crippen LogP contribution in [0.5, 0.6) is 0 Å². The molecule has 0 N–H and O–H groups in total. The molecule has 0 aliphatic rings. The zero-order valence-electron chi connectivity index (χ0n) is 36.1. The van der Waals surface area contributed by atoms with E-state index in [-0.39, 0.29) is 25.2 Å². The lowest BCUT2D eigenvalue weighted by Crippen LogP contribution is -2.30. The summed E-state index contributed by atoms with van der Waals surface area (Å²) in [6.45, 7) is 7.37. The van der Waals surface area contributed by atoms with Crippen molar-refractivity contribution in [2.24, 2.45) is 0 Å². The van der Waals surface area contributed by atoms with E-state index in [1.807, 2.05) is 0 Å². The van der Waals surface area contributed by atoms with Gasteiger partial charge in [0.2, 0.25) is 0 Å². The van der Waals surface area contributed by atoms with E-state index in [0.29, 0.717) is 19.4 Å². The first-order chi connectivity index (χ1) is 27.6. The van der Waals surface area contributed by atoms with E-state index in [2.05, 4.69) is 130 Å². The fourth-order valence-electron chi connectivity index (χ4n) is 5.52. The van der Waals surface area contributed by atoms with E-state index in [9.17, 15) is 9.59 Å². The van der Waals surface area contributed by atoms with Gasteiger partial charge < -0.3 is 14.2 Å². The van der Waals surface area contributed by atoms with Crippen molar-refractivity contribution in [2.75, 3.05) is 19.8 Å². The van der Waals surface area contributed by atoms with Gasteiger partial charge in [-0.05, 0) is 103 Å². The van der Waals surface area contributed by atoms with E-state index < -0.39 is 6.10 Å². The van der Waals surface area contributed by atoms with Gasteiger partial charge in [-0.1, -0.05) is 169 Å². The molecule has 0 aliphatic heterocycles. The Balaban J connectivity index is 4.22. The Morgan fingerprint density at radius 3 is 1.27 bits per heavy atom. The first-order valence-corrected chi connectivity index (χ1v) is 22.4. The second-order valence-corrected chi connectivity index (χ2v) is 14.2. The van der Waals surface area contributed by atoms with Gasteiger partial charge in [0.05, 0.1) is 6.61 Å². The minimum Gasteiger partial charge on any atom is -0.462 e. The number of allylic oxidation sites excluding steroid dienone is 18. The number of carbonyl (C=O) groups excluding carboxylic acids is 2. The molecule has 0 heterocycles. The van der Waals surface area contributed by atoms with Crippen LogP contribution in [0.3, 0.4) is 0 Å². The largest absolute Gasteiger partial charge is 0.462 e. The van der Waals surface area contributed by atoms with Crippen LogP contribution in [0.2, 0.25) is 0 Å². The molecular formula is C51H82O5. The van der Waals surface area contributed by atoms with E-state index in [0.717, 1.165) is 128 Å². The first-order valence-electron chi connectivity index (χ1n) is 22.4. The number of hydrogen-bond donors (Lipinski definition) is 0. The predicted octanol–water partition coefficient (Wildman–Crippen LogP) is 14.9. The minimum atomic E-state index is -0.570. The van der Waals surface area contributed by atoms with Crippen LogP contribution < -0.4 is 0 Å². The number of esters is 2. The molecule has 316 valence electrons. The third-order valence-electron chi connectivity index (χ3n) is 8.80. The Kier molecular flexibility index (Phi) is 43.1. The molecule has 0 aromatic carbocycles. The molecule has 0 bridgehead atoms. The molecule has 0 saturated heterocycles. The molecule has 0 aromatic rings. The van der Waals surface area contributed by atoms with Crippen LogP contribution in [0, 0.1) is 0 Å². The number of rotatable bonds is 39. The molecule has 0 aromatic heterocycles.